The molecule has 1 aromatic rings. The molecular formula is C13H16O5. The molecule has 2 aliphatic heterocycles. The highest BCUT2D eigenvalue weighted by Crippen LogP contribution is 2.33. The highest BCUT2D eigenvalue weighted by molar-refractivity contribution is 5.16. The van der Waals surface area contributed by atoms with E-state index in [0.717, 1.165) is 5.56 Å². The summed E-state index contributed by atoms with van der Waals surface area (Å²) < 4.78 is 16.6. The van der Waals surface area contributed by atoms with E-state index in [2.05, 4.69) is 0 Å². The van der Waals surface area contributed by atoms with Crippen LogP contribution in [-0.4, -0.2) is 41.4 Å². The van der Waals surface area contributed by atoms with Gasteiger partial charge in [0.05, 0.1) is 12.7 Å². The van der Waals surface area contributed by atoms with Gasteiger partial charge in [0, 0.05) is 12.0 Å². The predicted octanol–water partition coefficient (Wildman–Crippen LogP) is 0.569. The lowest BCUT2D eigenvalue weighted by Gasteiger charge is -2.43. The Labute approximate surface area is 105 Å². The van der Waals surface area contributed by atoms with E-state index < -0.39 is 30.9 Å². The van der Waals surface area contributed by atoms with Crippen molar-refractivity contribution in [3.8, 4) is 0 Å². The molecule has 98 valence electrons. The average Bonchev–Trinajstić information content (AvgIpc) is 2.39. The van der Waals surface area contributed by atoms with E-state index in [1.807, 2.05) is 30.3 Å². The quantitative estimate of drug-likeness (QED) is 0.764. The topological polar surface area (TPSA) is 68.2 Å². The monoisotopic (exact) mass is 252 g/mol. The molecule has 2 fully saturated rings. The summed E-state index contributed by atoms with van der Waals surface area (Å²) in [6, 6.07) is 9.56. The van der Waals surface area contributed by atoms with Crippen molar-refractivity contribution in [2.75, 3.05) is 6.61 Å². The van der Waals surface area contributed by atoms with Crippen LogP contribution >= 0.6 is 0 Å². The lowest BCUT2D eigenvalue weighted by atomic mass is 10.0. The molecule has 1 aromatic carbocycles. The number of ether oxygens (including phenoxy) is 3. The molecule has 3 rings (SSSR count). The first-order valence-electron chi connectivity index (χ1n) is 6.07. The van der Waals surface area contributed by atoms with Gasteiger partial charge >= 0.3 is 0 Å². The predicted molar refractivity (Wildman–Crippen MR) is 61.5 cm³/mol. The summed E-state index contributed by atoms with van der Waals surface area (Å²) in [5.41, 5.74) is 0.911. The van der Waals surface area contributed by atoms with Crippen LogP contribution in [0.15, 0.2) is 30.3 Å². The van der Waals surface area contributed by atoms with Crippen LogP contribution in [0.2, 0.25) is 0 Å². The maximum Gasteiger partial charge on any atom is 0.184 e. The normalized spacial score (nSPS) is 40.2. The Morgan fingerprint density at radius 2 is 1.83 bits per heavy atom. The van der Waals surface area contributed by atoms with Gasteiger partial charge in [-0.15, -0.1) is 0 Å². The molecule has 0 radical (unpaired) electrons. The van der Waals surface area contributed by atoms with E-state index >= 15 is 0 Å². The van der Waals surface area contributed by atoms with E-state index in [4.69, 9.17) is 14.2 Å². The minimum atomic E-state index is -0.943. The van der Waals surface area contributed by atoms with E-state index in [1.54, 1.807) is 0 Å². The fourth-order valence-corrected chi connectivity index (χ4v) is 2.38. The molecule has 2 saturated heterocycles. The first-order chi connectivity index (χ1) is 8.74. The van der Waals surface area contributed by atoms with Crippen LogP contribution in [-0.2, 0) is 14.2 Å². The zero-order chi connectivity index (χ0) is 12.5. The number of fused-ring (bicyclic) bond motifs is 1. The molecule has 5 nitrogen and oxygen atoms in total. The van der Waals surface area contributed by atoms with Gasteiger partial charge in [-0.25, -0.2) is 0 Å². The molecule has 0 bridgehead atoms. The third-order valence-electron chi connectivity index (χ3n) is 3.29. The Hall–Kier alpha value is -0.980. The maximum atomic E-state index is 9.92. The molecular weight excluding hydrogens is 236 g/mol. The van der Waals surface area contributed by atoms with Crippen LogP contribution in [0.3, 0.4) is 0 Å². The van der Waals surface area contributed by atoms with E-state index in [9.17, 15) is 10.2 Å². The van der Waals surface area contributed by atoms with Crippen molar-refractivity contribution in [3.05, 3.63) is 35.9 Å². The van der Waals surface area contributed by atoms with Crippen molar-refractivity contribution in [2.24, 2.45) is 0 Å². The van der Waals surface area contributed by atoms with E-state index in [-0.39, 0.29) is 6.42 Å². The molecule has 0 amide bonds. The largest absolute Gasteiger partial charge is 0.390 e. The second-order valence-electron chi connectivity index (χ2n) is 4.61. The molecule has 2 N–H and O–H groups in total. The van der Waals surface area contributed by atoms with Gasteiger partial charge in [-0.2, -0.15) is 0 Å². The number of aliphatic hydroxyl groups excluding tert-OH is 2. The van der Waals surface area contributed by atoms with Crippen molar-refractivity contribution in [1.82, 2.24) is 0 Å². The van der Waals surface area contributed by atoms with Crippen LogP contribution in [0.4, 0.5) is 0 Å². The minimum Gasteiger partial charge on any atom is -0.390 e. The van der Waals surface area contributed by atoms with Crippen LogP contribution < -0.4 is 0 Å². The van der Waals surface area contributed by atoms with Crippen molar-refractivity contribution < 1.29 is 24.4 Å². The Balaban J connectivity index is 1.73. The fraction of sp³-hybridized carbons (Fsp3) is 0.538. The van der Waals surface area contributed by atoms with Gasteiger partial charge in [-0.3, -0.25) is 0 Å². The van der Waals surface area contributed by atoms with Crippen molar-refractivity contribution >= 4 is 0 Å². The Morgan fingerprint density at radius 3 is 2.61 bits per heavy atom. The van der Waals surface area contributed by atoms with Crippen LogP contribution in [0.25, 0.3) is 0 Å². The van der Waals surface area contributed by atoms with Gasteiger partial charge in [0.1, 0.15) is 12.2 Å². The summed E-state index contributed by atoms with van der Waals surface area (Å²) >= 11 is 0. The second-order valence-corrected chi connectivity index (χ2v) is 4.61. The second kappa shape index (κ2) is 4.95. The number of rotatable bonds is 1. The Bertz CT molecular complexity index is 396. The highest BCUT2D eigenvalue weighted by Gasteiger charge is 2.43. The Morgan fingerprint density at radius 1 is 1.06 bits per heavy atom. The molecule has 0 saturated carbocycles. The summed E-state index contributed by atoms with van der Waals surface area (Å²) in [6.07, 6.45) is -2.85. The molecule has 2 aliphatic rings. The molecule has 0 aromatic heterocycles. The molecule has 0 aliphatic carbocycles. The third-order valence-corrected chi connectivity index (χ3v) is 3.29. The summed E-state index contributed by atoms with van der Waals surface area (Å²) in [7, 11) is 0. The lowest BCUT2D eigenvalue weighted by molar-refractivity contribution is -0.331. The van der Waals surface area contributed by atoms with Gasteiger partial charge in [0.25, 0.3) is 0 Å². The van der Waals surface area contributed by atoms with Gasteiger partial charge < -0.3 is 24.4 Å². The zero-order valence-electron chi connectivity index (χ0n) is 9.81. The first kappa shape index (κ1) is 12.1. The van der Waals surface area contributed by atoms with Gasteiger partial charge in [0.15, 0.2) is 12.6 Å². The van der Waals surface area contributed by atoms with Gasteiger partial charge in [-0.1, -0.05) is 30.3 Å². The molecule has 5 heteroatoms. The standard InChI is InChI=1S/C13H16O5/c14-9-6-11(15)17-10-7-16-13(18-12(9)10)8-4-2-1-3-5-8/h1-5,9-15H,6-7H2/t9-,10-,11?,12+,13-/m1/s1. The average molecular weight is 252 g/mol. The minimum absolute atomic E-state index is 0.169. The SMILES string of the molecule is OC1C[C@@H](O)[C@@H]2O[C@H](c3ccccc3)OC[C@H]2O1. The number of aliphatic hydroxyl groups is 2. The van der Waals surface area contributed by atoms with Crippen LogP contribution in [0.5, 0.6) is 0 Å². The van der Waals surface area contributed by atoms with Crippen molar-refractivity contribution in [2.45, 2.75) is 37.3 Å². The highest BCUT2D eigenvalue weighted by atomic mass is 16.7. The van der Waals surface area contributed by atoms with Crippen LogP contribution in [0, 0.1) is 0 Å². The summed E-state index contributed by atoms with van der Waals surface area (Å²) in [5.74, 6) is 0. The number of hydrogen-bond donors (Lipinski definition) is 2. The lowest BCUT2D eigenvalue weighted by Crippen LogP contribution is -2.54. The third kappa shape index (κ3) is 2.28. The summed E-state index contributed by atoms with van der Waals surface area (Å²) in [4.78, 5) is 0. The van der Waals surface area contributed by atoms with E-state index in [0.29, 0.717) is 6.61 Å². The fourth-order valence-electron chi connectivity index (χ4n) is 2.38. The van der Waals surface area contributed by atoms with Gasteiger partial charge in [0.2, 0.25) is 0 Å². The van der Waals surface area contributed by atoms with Crippen molar-refractivity contribution in [1.29, 1.82) is 0 Å². The van der Waals surface area contributed by atoms with Crippen LogP contribution in [0.1, 0.15) is 18.3 Å². The number of benzene rings is 1. The molecule has 2 heterocycles. The summed E-state index contributed by atoms with van der Waals surface area (Å²) in [6.45, 7) is 0.304. The summed E-state index contributed by atoms with van der Waals surface area (Å²) in [5, 5.41) is 19.3. The van der Waals surface area contributed by atoms with Crippen molar-refractivity contribution in [3.63, 3.8) is 0 Å². The van der Waals surface area contributed by atoms with Gasteiger partial charge in [-0.05, 0) is 0 Å². The first-order valence-corrected chi connectivity index (χ1v) is 6.07. The molecule has 18 heavy (non-hydrogen) atoms. The smallest absolute Gasteiger partial charge is 0.184 e. The molecule has 0 spiro atoms. The molecule has 5 atom stereocenters. The van der Waals surface area contributed by atoms with E-state index in [1.165, 1.54) is 0 Å². The maximum absolute atomic E-state index is 9.92. The zero-order valence-corrected chi connectivity index (χ0v) is 9.81. The molecule has 1 unspecified atom stereocenters. The Kier molecular flexibility index (Phi) is 3.32. The number of hydrogen-bond acceptors (Lipinski definition) is 5.